The molecule has 2 aromatic carbocycles. The second-order valence-electron chi connectivity index (χ2n) is 8.05. The Morgan fingerprint density at radius 2 is 1.69 bits per heavy atom. The van der Waals surface area contributed by atoms with Crippen molar-refractivity contribution in [1.29, 1.82) is 0 Å². The number of ether oxygens (including phenoxy) is 1. The van der Waals surface area contributed by atoms with Crippen molar-refractivity contribution in [1.82, 2.24) is 4.98 Å². The van der Waals surface area contributed by atoms with E-state index in [9.17, 15) is 9.90 Å². The van der Waals surface area contributed by atoms with Crippen molar-refractivity contribution in [3.8, 4) is 27.6 Å². The number of ketones is 1. The van der Waals surface area contributed by atoms with Crippen LogP contribution in [0.2, 0.25) is 0 Å². The summed E-state index contributed by atoms with van der Waals surface area (Å²) in [6.07, 6.45) is 0.897. The van der Waals surface area contributed by atoms with Gasteiger partial charge in [0.1, 0.15) is 16.5 Å². The van der Waals surface area contributed by atoms with Gasteiger partial charge in [-0.2, -0.15) is 0 Å². The van der Waals surface area contributed by atoms with Gasteiger partial charge in [0.15, 0.2) is 5.78 Å². The summed E-state index contributed by atoms with van der Waals surface area (Å²) in [7, 11) is 1.63. The highest BCUT2D eigenvalue weighted by molar-refractivity contribution is 7.17. The minimum Gasteiger partial charge on any atom is -0.511 e. The number of hydrogen-bond acceptors (Lipinski definition) is 5. The molecular formula is C24H23NO3S. The van der Waals surface area contributed by atoms with E-state index in [4.69, 9.17) is 9.72 Å². The molecule has 0 bridgehead atoms. The molecule has 5 heteroatoms. The van der Waals surface area contributed by atoms with Crippen molar-refractivity contribution in [3.63, 3.8) is 0 Å². The number of methoxy groups -OCH3 is 1. The Kier molecular flexibility index (Phi) is 5.01. The van der Waals surface area contributed by atoms with E-state index >= 15 is 0 Å². The number of benzene rings is 2. The second-order valence-corrected chi connectivity index (χ2v) is 9.05. The highest BCUT2D eigenvalue weighted by Gasteiger charge is 2.36. The Hall–Kier alpha value is -2.92. The molecule has 0 radical (unpaired) electrons. The number of carbonyl (C=O) groups excluding carboxylic acids is 1. The molecule has 0 saturated heterocycles. The van der Waals surface area contributed by atoms with Crippen LogP contribution in [0.1, 0.15) is 31.6 Å². The zero-order chi connectivity index (χ0) is 20.6. The third-order valence-corrected chi connectivity index (χ3v) is 6.21. The summed E-state index contributed by atoms with van der Waals surface area (Å²) in [6, 6.07) is 17.5. The van der Waals surface area contributed by atoms with Gasteiger partial charge in [-0.15, -0.1) is 11.3 Å². The van der Waals surface area contributed by atoms with Gasteiger partial charge in [0, 0.05) is 24.0 Å². The van der Waals surface area contributed by atoms with Gasteiger partial charge in [0.05, 0.1) is 23.3 Å². The van der Waals surface area contributed by atoms with Crippen LogP contribution in [0.5, 0.6) is 5.75 Å². The molecule has 0 atom stereocenters. The number of nitrogens with zero attached hydrogens (tertiary/aromatic N) is 1. The lowest BCUT2D eigenvalue weighted by Crippen LogP contribution is -2.25. The number of aliphatic hydroxyl groups excluding tert-OH is 1. The van der Waals surface area contributed by atoms with Crippen LogP contribution in [0, 0.1) is 5.41 Å². The molecule has 0 spiro atoms. The van der Waals surface area contributed by atoms with Crippen LogP contribution in [-0.2, 0) is 4.79 Å². The summed E-state index contributed by atoms with van der Waals surface area (Å²) in [4.78, 5) is 18.6. The zero-order valence-electron chi connectivity index (χ0n) is 16.7. The monoisotopic (exact) mass is 405 g/mol. The quantitative estimate of drug-likeness (QED) is 0.566. The van der Waals surface area contributed by atoms with Crippen molar-refractivity contribution in [3.05, 3.63) is 65.2 Å². The Morgan fingerprint density at radius 1 is 1.00 bits per heavy atom. The molecule has 1 aromatic heterocycles. The summed E-state index contributed by atoms with van der Waals surface area (Å²) in [5.41, 5.74) is 2.79. The van der Waals surface area contributed by atoms with Crippen molar-refractivity contribution in [2.75, 3.05) is 7.11 Å². The predicted molar refractivity (Wildman–Crippen MR) is 117 cm³/mol. The van der Waals surface area contributed by atoms with E-state index in [1.807, 2.05) is 68.4 Å². The van der Waals surface area contributed by atoms with Crippen LogP contribution in [-0.4, -0.2) is 23.0 Å². The first-order valence-electron chi connectivity index (χ1n) is 9.54. The Balaban J connectivity index is 1.88. The molecule has 1 heterocycles. The van der Waals surface area contributed by atoms with Crippen molar-refractivity contribution in [2.45, 2.75) is 26.7 Å². The molecule has 4 rings (SSSR count). The molecule has 1 aliphatic rings. The molecule has 29 heavy (non-hydrogen) atoms. The summed E-state index contributed by atoms with van der Waals surface area (Å²) in [5, 5.41) is 11.6. The number of aromatic nitrogens is 1. The SMILES string of the molecule is COc1ccc(-c2nc(-c3ccccc3)c(C3=C(O)CC(C)(C)CC3=O)s2)cc1. The summed E-state index contributed by atoms with van der Waals surface area (Å²) < 4.78 is 5.24. The summed E-state index contributed by atoms with van der Waals surface area (Å²) in [6.45, 7) is 4.01. The van der Waals surface area contributed by atoms with E-state index in [1.165, 1.54) is 11.3 Å². The number of Topliss-reactive ketones (excluding diaryl/α,β-unsaturated/α-hetero) is 1. The Morgan fingerprint density at radius 3 is 2.31 bits per heavy atom. The average molecular weight is 406 g/mol. The van der Waals surface area contributed by atoms with Crippen molar-refractivity contribution in [2.24, 2.45) is 5.41 Å². The Labute approximate surface area is 174 Å². The van der Waals surface area contributed by atoms with Crippen LogP contribution in [0.4, 0.5) is 0 Å². The molecule has 0 saturated carbocycles. The fourth-order valence-electron chi connectivity index (χ4n) is 3.68. The molecule has 3 aromatic rings. The van der Waals surface area contributed by atoms with Gasteiger partial charge >= 0.3 is 0 Å². The first-order chi connectivity index (χ1) is 13.9. The number of thiazole rings is 1. The highest BCUT2D eigenvalue weighted by Crippen LogP contribution is 2.45. The van der Waals surface area contributed by atoms with E-state index in [1.54, 1.807) is 7.11 Å². The van der Waals surface area contributed by atoms with Crippen LogP contribution in [0.15, 0.2) is 60.4 Å². The van der Waals surface area contributed by atoms with Crippen LogP contribution < -0.4 is 4.74 Å². The van der Waals surface area contributed by atoms with Gasteiger partial charge in [-0.1, -0.05) is 44.2 Å². The standard InChI is InChI=1S/C24H23NO3S/c1-24(2)13-18(26)20(19(27)14-24)22-21(15-7-5-4-6-8-15)25-23(29-22)16-9-11-17(28-3)12-10-16/h4-12,26H,13-14H2,1-3H3. The van der Waals surface area contributed by atoms with Crippen molar-refractivity contribution >= 4 is 22.7 Å². The normalized spacial score (nSPS) is 16.2. The van der Waals surface area contributed by atoms with E-state index in [0.717, 1.165) is 32.5 Å². The number of rotatable bonds is 4. The fourth-order valence-corrected chi connectivity index (χ4v) is 4.86. The minimum absolute atomic E-state index is 0.0270. The van der Waals surface area contributed by atoms with Crippen molar-refractivity contribution < 1.29 is 14.6 Å². The highest BCUT2D eigenvalue weighted by atomic mass is 32.1. The number of allylic oxidation sites excluding steroid dienone is 2. The maximum atomic E-state index is 13.0. The largest absolute Gasteiger partial charge is 0.511 e. The number of aliphatic hydroxyl groups is 1. The van der Waals surface area contributed by atoms with Gasteiger partial charge in [0.2, 0.25) is 0 Å². The molecule has 1 N–H and O–H groups in total. The maximum Gasteiger partial charge on any atom is 0.168 e. The van der Waals surface area contributed by atoms with Crippen LogP contribution >= 0.6 is 11.3 Å². The lowest BCUT2D eigenvalue weighted by Gasteiger charge is -2.29. The van der Waals surface area contributed by atoms with Gasteiger partial charge in [0.25, 0.3) is 0 Å². The molecule has 0 fully saturated rings. The molecule has 4 nitrogen and oxygen atoms in total. The van der Waals surface area contributed by atoms with Gasteiger partial charge in [-0.25, -0.2) is 4.98 Å². The third-order valence-electron chi connectivity index (χ3n) is 5.09. The second kappa shape index (κ2) is 7.48. The summed E-state index contributed by atoms with van der Waals surface area (Å²) in [5.74, 6) is 0.910. The number of carbonyl (C=O) groups is 1. The first kappa shape index (κ1) is 19.4. The first-order valence-corrected chi connectivity index (χ1v) is 10.4. The molecule has 148 valence electrons. The number of hydrogen-bond donors (Lipinski definition) is 1. The average Bonchev–Trinajstić information content (AvgIpc) is 3.12. The van der Waals surface area contributed by atoms with Gasteiger partial charge < -0.3 is 9.84 Å². The smallest absolute Gasteiger partial charge is 0.168 e. The van der Waals surface area contributed by atoms with E-state index < -0.39 is 0 Å². The van der Waals surface area contributed by atoms with Crippen LogP contribution in [0.3, 0.4) is 0 Å². The van der Waals surface area contributed by atoms with Gasteiger partial charge in [-0.3, -0.25) is 4.79 Å². The molecule has 1 aliphatic carbocycles. The predicted octanol–water partition coefficient (Wildman–Crippen LogP) is 6.14. The molecule has 0 unspecified atom stereocenters. The minimum atomic E-state index is -0.235. The van der Waals surface area contributed by atoms with E-state index in [2.05, 4.69) is 0 Å². The zero-order valence-corrected chi connectivity index (χ0v) is 17.5. The van der Waals surface area contributed by atoms with E-state index in [0.29, 0.717) is 18.4 Å². The van der Waals surface area contributed by atoms with Gasteiger partial charge in [-0.05, 0) is 29.7 Å². The lowest BCUT2D eigenvalue weighted by atomic mass is 9.76. The topological polar surface area (TPSA) is 59.4 Å². The fraction of sp³-hybridized carbons (Fsp3) is 0.250. The molecular weight excluding hydrogens is 382 g/mol. The molecule has 0 aliphatic heterocycles. The third kappa shape index (κ3) is 3.83. The summed E-state index contributed by atoms with van der Waals surface area (Å²) >= 11 is 1.44. The Bertz CT molecular complexity index is 1080. The lowest BCUT2D eigenvalue weighted by molar-refractivity contribution is -0.116. The maximum absolute atomic E-state index is 13.0. The van der Waals surface area contributed by atoms with Crippen LogP contribution in [0.25, 0.3) is 27.4 Å². The molecule has 0 amide bonds. The van der Waals surface area contributed by atoms with E-state index in [-0.39, 0.29) is 17.0 Å².